The molecule has 0 heterocycles. The molecule has 0 aliphatic carbocycles. The van der Waals surface area contributed by atoms with Gasteiger partial charge in [-0.15, -0.1) is 0 Å². The first-order valence-electron chi connectivity index (χ1n) is 5.60. The van der Waals surface area contributed by atoms with Gasteiger partial charge in [-0.05, 0) is 6.07 Å². The minimum Gasteiger partial charge on any atom is -0.478 e. The van der Waals surface area contributed by atoms with Crippen LogP contribution >= 0.6 is 0 Å². The van der Waals surface area contributed by atoms with Gasteiger partial charge < -0.3 is 10.2 Å². The third-order valence-electron chi connectivity index (χ3n) is 2.96. The first-order chi connectivity index (χ1) is 10.3. The topological polar surface area (TPSA) is 161 Å². The molecule has 0 fully saturated rings. The number of fused-ring (bicyclic) bond motifs is 1. The Morgan fingerprint density at radius 1 is 0.955 bits per heavy atom. The summed E-state index contributed by atoms with van der Waals surface area (Å²) in [5.41, 5.74) is -3.19. The molecule has 2 rings (SSSR count). The average Bonchev–Trinajstić information content (AvgIpc) is 2.43. The zero-order chi connectivity index (χ0) is 16.6. The highest BCUT2D eigenvalue weighted by Crippen LogP contribution is 2.37. The van der Waals surface area contributed by atoms with E-state index >= 15 is 0 Å². The quantitative estimate of drug-likeness (QED) is 0.640. The number of nitro benzene ring substituents is 2. The molecule has 10 heteroatoms. The summed E-state index contributed by atoms with van der Waals surface area (Å²) in [7, 11) is 0. The first kappa shape index (κ1) is 14.8. The zero-order valence-corrected chi connectivity index (χ0v) is 10.5. The molecule has 112 valence electrons. The third-order valence-corrected chi connectivity index (χ3v) is 2.96. The molecule has 0 atom stereocenters. The van der Waals surface area contributed by atoms with Crippen LogP contribution < -0.4 is 0 Å². The molecule has 2 N–H and O–H groups in total. The minimum absolute atomic E-state index is 0.318. The van der Waals surface area contributed by atoms with E-state index in [1.54, 1.807) is 0 Å². The molecular formula is C12H6N2O8. The van der Waals surface area contributed by atoms with Crippen molar-refractivity contribution in [2.75, 3.05) is 0 Å². The van der Waals surface area contributed by atoms with E-state index < -0.39 is 49.7 Å². The molecule has 0 unspecified atom stereocenters. The molecule has 22 heavy (non-hydrogen) atoms. The molecule has 0 saturated carbocycles. The molecule has 0 aliphatic heterocycles. The molecule has 0 spiro atoms. The van der Waals surface area contributed by atoms with Crippen LogP contribution in [0.4, 0.5) is 11.4 Å². The summed E-state index contributed by atoms with van der Waals surface area (Å²) in [5.74, 6) is -3.47. The summed E-state index contributed by atoms with van der Waals surface area (Å²) in [4.78, 5) is 42.8. The molecule has 0 aromatic heterocycles. The number of aromatic carboxylic acids is 2. The SMILES string of the molecule is O=C(O)c1cc([N+](=O)[O-])c2cccc([N+](=O)[O-])c2c1C(=O)O. The highest BCUT2D eigenvalue weighted by atomic mass is 16.6. The molecular weight excluding hydrogens is 300 g/mol. The van der Waals surface area contributed by atoms with Crippen molar-refractivity contribution >= 4 is 34.1 Å². The number of carbonyl (C=O) groups is 2. The summed E-state index contributed by atoms with van der Waals surface area (Å²) in [5, 5.41) is 39.4. The largest absolute Gasteiger partial charge is 0.478 e. The lowest BCUT2D eigenvalue weighted by atomic mass is 9.96. The van der Waals surface area contributed by atoms with E-state index in [2.05, 4.69) is 0 Å². The van der Waals surface area contributed by atoms with E-state index in [0.29, 0.717) is 6.07 Å². The number of rotatable bonds is 4. The number of non-ortho nitro benzene ring substituents is 2. The Morgan fingerprint density at radius 2 is 1.55 bits per heavy atom. The van der Waals surface area contributed by atoms with Crippen LogP contribution in [-0.4, -0.2) is 32.0 Å². The summed E-state index contributed by atoms with van der Waals surface area (Å²) in [6.07, 6.45) is 0. The summed E-state index contributed by atoms with van der Waals surface area (Å²) < 4.78 is 0. The maximum Gasteiger partial charge on any atom is 0.337 e. The van der Waals surface area contributed by atoms with Crippen LogP contribution in [0.3, 0.4) is 0 Å². The second kappa shape index (κ2) is 5.09. The van der Waals surface area contributed by atoms with Crippen LogP contribution in [0, 0.1) is 20.2 Å². The lowest BCUT2D eigenvalue weighted by Crippen LogP contribution is -2.11. The van der Waals surface area contributed by atoms with Gasteiger partial charge in [-0.3, -0.25) is 20.2 Å². The van der Waals surface area contributed by atoms with Crippen molar-refractivity contribution in [3.8, 4) is 0 Å². The molecule has 0 radical (unpaired) electrons. The minimum atomic E-state index is -1.74. The first-order valence-corrected chi connectivity index (χ1v) is 5.60. The van der Waals surface area contributed by atoms with E-state index in [1.165, 1.54) is 0 Å². The Morgan fingerprint density at radius 3 is 2.00 bits per heavy atom. The molecule has 0 bridgehead atoms. The van der Waals surface area contributed by atoms with Crippen molar-refractivity contribution in [3.05, 3.63) is 55.6 Å². The van der Waals surface area contributed by atoms with Gasteiger partial charge in [0.2, 0.25) is 0 Å². The predicted molar refractivity (Wildman–Crippen MR) is 71.2 cm³/mol. The van der Waals surface area contributed by atoms with Crippen LogP contribution in [-0.2, 0) is 0 Å². The molecule has 10 nitrogen and oxygen atoms in total. The van der Waals surface area contributed by atoms with Crippen molar-refractivity contribution < 1.29 is 29.6 Å². The molecule has 0 saturated heterocycles. The number of carboxylic acid groups (broad SMARTS) is 2. The summed E-state index contributed by atoms with van der Waals surface area (Å²) >= 11 is 0. The fourth-order valence-electron chi connectivity index (χ4n) is 2.13. The van der Waals surface area contributed by atoms with Crippen LogP contribution in [0.15, 0.2) is 24.3 Å². The highest BCUT2D eigenvalue weighted by Gasteiger charge is 2.30. The summed E-state index contributed by atoms with van der Waals surface area (Å²) in [6, 6.07) is 3.81. The van der Waals surface area contributed by atoms with Gasteiger partial charge in [0, 0.05) is 12.1 Å². The molecule has 0 aliphatic rings. The van der Waals surface area contributed by atoms with Crippen molar-refractivity contribution in [3.63, 3.8) is 0 Å². The maximum atomic E-state index is 11.3. The second-order valence-electron chi connectivity index (χ2n) is 4.14. The fraction of sp³-hybridized carbons (Fsp3) is 0. The number of hydrogen-bond donors (Lipinski definition) is 2. The highest BCUT2D eigenvalue weighted by molar-refractivity contribution is 6.16. The zero-order valence-electron chi connectivity index (χ0n) is 10.5. The molecule has 2 aromatic rings. The standard InChI is InChI=1S/C12H6N2O8/c15-11(16)6-4-8(14(21)22)5-2-1-3-7(13(19)20)9(5)10(6)12(17)18/h1-4H,(H,15,16)(H,17,18). The van der Waals surface area contributed by atoms with Crippen molar-refractivity contribution in [2.24, 2.45) is 0 Å². The molecule has 2 aromatic carbocycles. The smallest absolute Gasteiger partial charge is 0.337 e. The second-order valence-corrected chi connectivity index (χ2v) is 4.14. The van der Waals surface area contributed by atoms with Crippen LogP contribution in [0.1, 0.15) is 20.7 Å². The van der Waals surface area contributed by atoms with Gasteiger partial charge in [-0.25, -0.2) is 9.59 Å². The Balaban J connectivity index is 3.18. The van der Waals surface area contributed by atoms with Crippen LogP contribution in [0.5, 0.6) is 0 Å². The van der Waals surface area contributed by atoms with Gasteiger partial charge in [0.25, 0.3) is 11.4 Å². The predicted octanol–water partition coefficient (Wildman–Crippen LogP) is 2.05. The van der Waals surface area contributed by atoms with Gasteiger partial charge in [-0.2, -0.15) is 0 Å². The Kier molecular flexibility index (Phi) is 3.43. The van der Waals surface area contributed by atoms with Crippen LogP contribution in [0.25, 0.3) is 10.8 Å². The van der Waals surface area contributed by atoms with Gasteiger partial charge in [0.15, 0.2) is 0 Å². The van der Waals surface area contributed by atoms with E-state index in [-0.39, 0.29) is 5.39 Å². The van der Waals surface area contributed by atoms with Crippen molar-refractivity contribution in [1.82, 2.24) is 0 Å². The van der Waals surface area contributed by atoms with Gasteiger partial charge in [0.05, 0.1) is 31.7 Å². The van der Waals surface area contributed by atoms with E-state index in [0.717, 1.165) is 18.2 Å². The third kappa shape index (κ3) is 2.18. The Hall–Kier alpha value is -3.56. The normalized spacial score (nSPS) is 10.4. The number of carboxylic acids is 2. The van der Waals surface area contributed by atoms with E-state index in [9.17, 15) is 34.9 Å². The lowest BCUT2D eigenvalue weighted by Gasteiger charge is -2.08. The van der Waals surface area contributed by atoms with Crippen LogP contribution in [0.2, 0.25) is 0 Å². The van der Waals surface area contributed by atoms with Gasteiger partial charge in [-0.1, -0.05) is 6.07 Å². The van der Waals surface area contributed by atoms with E-state index in [4.69, 9.17) is 5.11 Å². The maximum absolute atomic E-state index is 11.3. The monoisotopic (exact) mass is 306 g/mol. The number of nitro groups is 2. The lowest BCUT2D eigenvalue weighted by molar-refractivity contribution is -0.384. The molecule has 0 amide bonds. The Labute approximate surface area is 120 Å². The number of nitrogens with zero attached hydrogens (tertiary/aromatic N) is 2. The van der Waals surface area contributed by atoms with Gasteiger partial charge in [0.1, 0.15) is 0 Å². The van der Waals surface area contributed by atoms with Crippen molar-refractivity contribution in [1.29, 1.82) is 0 Å². The van der Waals surface area contributed by atoms with Gasteiger partial charge >= 0.3 is 11.9 Å². The number of hydrogen-bond acceptors (Lipinski definition) is 6. The number of benzene rings is 2. The summed E-state index contributed by atoms with van der Waals surface area (Å²) in [6.45, 7) is 0. The average molecular weight is 306 g/mol. The van der Waals surface area contributed by atoms with E-state index in [1.807, 2.05) is 0 Å². The Bertz CT molecular complexity index is 846. The van der Waals surface area contributed by atoms with Crippen molar-refractivity contribution in [2.45, 2.75) is 0 Å². The fourth-order valence-corrected chi connectivity index (χ4v) is 2.13.